The van der Waals surface area contributed by atoms with Gasteiger partial charge in [-0.2, -0.15) is 0 Å². The third-order valence-electron chi connectivity index (χ3n) is 2.97. The van der Waals surface area contributed by atoms with Crippen LogP contribution in [0.1, 0.15) is 16.3 Å². The number of thiazole rings is 1. The first-order valence-corrected chi connectivity index (χ1v) is 8.33. The molecule has 2 aromatic rings. The number of halogens is 2. The number of benzene rings is 1. The molecule has 0 saturated carbocycles. The summed E-state index contributed by atoms with van der Waals surface area (Å²) in [5.41, 5.74) is 2.31. The maximum Gasteiger partial charge on any atom is 0.194 e. The molecule has 0 aliphatic heterocycles. The number of guanidine groups is 1. The Morgan fingerprint density at radius 2 is 2.05 bits per heavy atom. The van der Waals surface area contributed by atoms with E-state index >= 15 is 0 Å². The molecule has 1 N–H and O–H groups in total. The summed E-state index contributed by atoms with van der Waals surface area (Å²) >= 11 is 5.12. The van der Waals surface area contributed by atoms with Crippen LogP contribution in [0.15, 0.2) is 39.1 Å². The second-order valence-electron chi connectivity index (χ2n) is 4.77. The van der Waals surface area contributed by atoms with E-state index in [0.717, 1.165) is 27.7 Å². The number of nitrogens with zero attached hydrogens (tertiary/aromatic N) is 3. The minimum absolute atomic E-state index is 0. The van der Waals surface area contributed by atoms with Gasteiger partial charge in [-0.15, -0.1) is 35.3 Å². The molecular weight excluding hydrogens is 475 g/mol. The van der Waals surface area contributed by atoms with E-state index in [1.54, 1.807) is 18.4 Å². The number of aromatic nitrogens is 1. The fourth-order valence-electron chi connectivity index (χ4n) is 1.96. The Kier molecular flexibility index (Phi) is 8.34. The van der Waals surface area contributed by atoms with Gasteiger partial charge in [0, 0.05) is 36.2 Å². The van der Waals surface area contributed by atoms with E-state index < -0.39 is 0 Å². The van der Waals surface area contributed by atoms with Crippen molar-refractivity contribution in [1.82, 2.24) is 15.2 Å². The lowest BCUT2D eigenvalue weighted by Crippen LogP contribution is -2.38. The second-order valence-corrected chi connectivity index (χ2v) is 6.62. The van der Waals surface area contributed by atoms with Crippen LogP contribution in [0.25, 0.3) is 0 Å². The SMILES string of the molecule is CN=C(NCc1nc(C)cs1)N(C)Cc1ccc(Br)cc1.I. The molecule has 0 fully saturated rings. The van der Waals surface area contributed by atoms with Gasteiger partial charge in [0.2, 0.25) is 0 Å². The van der Waals surface area contributed by atoms with Crippen molar-refractivity contribution >= 4 is 57.2 Å². The first kappa shape index (κ1) is 19.4. The molecule has 0 aliphatic rings. The van der Waals surface area contributed by atoms with Gasteiger partial charge in [0.1, 0.15) is 5.01 Å². The molecule has 1 heterocycles. The van der Waals surface area contributed by atoms with Crippen molar-refractivity contribution in [3.8, 4) is 0 Å². The van der Waals surface area contributed by atoms with Crippen LogP contribution in [0, 0.1) is 6.92 Å². The zero-order valence-corrected chi connectivity index (χ0v) is 17.6. The van der Waals surface area contributed by atoms with E-state index in [-0.39, 0.29) is 24.0 Å². The van der Waals surface area contributed by atoms with Crippen molar-refractivity contribution in [2.24, 2.45) is 4.99 Å². The van der Waals surface area contributed by atoms with E-state index in [9.17, 15) is 0 Å². The number of rotatable bonds is 4. The molecule has 0 amide bonds. The molecule has 2 rings (SSSR count). The third kappa shape index (κ3) is 5.85. The summed E-state index contributed by atoms with van der Waals surface area (Å²) in [6.07, 6.45) is 0. The average Bonchev–Trinajstić information content (AvgIpc) is 2.88. The van der Waals surface area contributed by atoms with Gasteiger partial charge in [-0.05, 0) is 24.6 Å². The van der Waals surface area contributed by atoms with E-state index in [1.165, 1.54) is 5.56 Å². The third-order valence-corrected chi connectivity index (χ3v) is 4.47. The Hall–Kier alpha value is -0.670. The van der Waals surface area contributed by atoms with Crippen molar-refractivity contribution in [1.29, 1.82) is 0 Å². The summed E-state index contributed by atoms with van der Waals surface area (Å²) in [5.74, 6) is 0.866. The Bertz CT molecular complexity index is 612. The molecule has 120 valence electrons. The summed E-state index contributed by atoms with van der Waals surface area (Å²) in [5, 5.41) is 6.48. The topological polar surface area (TPSA) is 40.5 Å². The van der Waals surface area contributed by atoms with Crippen molar-refractivity contribution in [2.45, 2.75) is 20.0 Å². The summed E-state index contributed by atoms with van der Waals surface area (Å²) in [4.78, 5) is 10.9. The highest BCUT2D eigenvalue weighted by molar-refractivity contribution is 14.0. The van der Waals surface area contributed by atoms with Gasteiger partial charge in [0.25, 0.3) is 0 Å². The molecule has 1 aromatic carbocycles. The molecule has 0 radical (unpaired) electrons. The van der Waals surface area contributed by atoms with Gasteiger partial charge >= 0.3 is 0 Å². The van der Waals surface area contributed by atoms with Crippen molar-refractivity contribution in [3.05, 3.63) is 50.4 Å². The lowest BCUT2D eigenvalue weighted by molar-refractivity contribution is 0.476. The van der Waals surface area contributed by atoms with E-state index in [2.05, 4.69) is 65.8 Å². The van der Waals surface area contributed by atoms with Gasteiger partial charge in [-0.1, -0.05) is 28.1 Å². The number of aryl methyl sites for hydroxylation is 1. The Labute approximate surface area is 161 Å². The highest BCUT2D eigenvalue weighted by Gasteiger charge is 2.07. The Balaban J connectivity index is 0.00000242. The van der Waals surface area contributed by atoms with Crippen molar-refractivity contribution in [2.75, 3.05) is 14.1 Å². The highest BCUT2D eigenvalue weighted by Crippen LogP contribution is 2.12. The first-order chi connectivity index (χ1) is 10.1. The monoisotopic (exact) mass is 494 g/mol. The summed E-state index contributed by atoms with van der Waals surface area (Å²) in [7, 11) is 3.83. The molecule has 0 bridgehead atoms. The minimum Gasteiger partial charge on any atom is -0.350 e. The second kappa shape index (κ2) is 9.46. The Morgan fingerprint density at radius 3 is 2.59 bits per heavy atom. The lowest BCUT2D eigenvalue weighted by atomic mass is 10.2. The first-order valence-electron chi connectivity index (χ1n) is 6.65. The zero-order chi connectivity index (χ0) is 15.2. The van der Waals surface area contributed by atoms with Crippen LogP contribution in [0.3, 0.4) is 0 Å². The molecule has 0 aliphatic carbocycles. The molecule has 0 atom stereocenters. The summed E-state index contributed by atoms with van der Waals surface area (Å²) in [6, 6.07) is 8.32. The van der Waals surface area contributed by atoms with Gasteiger partial charge in [0.15, 0.2) is 5.96 Å². The quantitative estimate of drug-likeness (QED) is 0.396. The van der Waals surface area contributed by atoms with Gasteiger partial charge in [0.05, 0.1) is 6.54 Å². The molecular formula is C15H20BrIN4S. The number of aliphatic imine (C=N–C) groups is 1. The number of nitrogens with one attached hydrogen (secondary N) is 1. The van der Waals surface area contributed by atoms with Crippen LogP contribution < -0.4 is 5.32 Å². The fourth-order valence-corrected chi connectivity index (χ4v) is 2.94. The van der Waals surface area contributed by atoms with Gasteiger partial charge < -0.3 is 10.2 Å². The van der Waals surface area contributed by atoms with E-state index in [4.69, 9.17) is 0 Å². The minimum atomic E-state index is 0. The Morgan fingerprint density at radius 1 is 1.36 bits per heavy atom. The van der Waals surface area contributed by atoms with Crippen LogP contribution >= 0.6 is 51.2 Å². The van der Waals surface area contributed by atoms with Gasteiger partial charge in [-0.25, -0.2) is 4.98 Å². The molecule has 0 spiro atoms. The average molecular weight is 495 g/mol. The molecule has 0 unspecified atom stereocenters. The van der Waals surface area contributed by atoms with Crippen LogP contribution in [0.4, 0.5) is 0 Å². The molecule has 0 saturated heterocycles. The van der Waals surface area contributed by atoms with Gasteiger partial charge in [-0.3, -0.25) is 4.99 Å². The van der Waals surface area contributed by atoms with Crippen LogP contribution in [-0.2, 0) is 13.1 Å². The van der Waals surface area contributed by atoms with Crippen LogP contribution in [0.5, 0.6) is 0 Å². The molecule has 22 heavy (non-hydrogen) atoms. The maximum atomic E-state index is 4.45. The van der Waals surface area contributed by atoms with Crippen molar-refractivity contribution < 1.29 is 0 Å². The fraction of sp³-hybridized carbons (Fsp3) is 0.333. The van der Waals surface area contributed by atoms with E-state index in [0.29, 0.717) is 6.54 Å². The van der Waals surface area contributed by atoms with E-state index in [1.807, 2.05) is 14.0 Å². The smallest absolute Gasteiger partial charge is 0.194 e. The molecule has 7 heteroatoms. The normalized spacial score (nSPS) is 11.0. The van der Waals surface area contributed by atoms with Crippen molar-refractivity contribution in [3.63, 3.8) is 0 Å². The zero-order valence-electron chi connectivity index (χ0n) is 12.8. The predicted octanol–water partition coefficient (Wildman–Crippen LogP) is 4.04. The number of hydrogen-bond donors (Lipinski definition) is 1. The maximum absolute atomic E-state index is 4.45. The lowest BCUT2D eigenvalue weighted by Gasteiger charge is -2.21. The summed E-state index contributed by atoms with van der Waals surface area (Å²) in [6.45, 7) is 3.52. The summed E-state index contributed by atoms with van der Waals surface area (Å²) < 4.78 is 1.09. The standard InChI is InChI=1S/C15H19BrN4S.HI/c1-11-10-21-14(19-11)8-18-15(17-2)20(3)9-12-4-6-13(16)7-5-12;/h4-7,10H,8-9H2,1-3H3,(H,17,18);1H. The van der Waals surface area contributed by atoms with Crippen LogP contribution in [0.2, 0.25) is 0 Å². The highest BCUT2D eigenvalue weighted by atomic mass is 127. The molecule has 1 aromatic heterocycles. The largest absolute Gasteiger partial charge is 0.350 e. The number of hydrogen-bond acceptors (Lipinski definition) is 3. The van der Waals surface area contributed by atoms with Crippen LogP contribution in [-0.4, -0.2) is 29.9 Å². The predicted molar refractivity (Wildman–Crippen MR) is 108 cm³/mol. The molecule has 4 nitrogen and oxygen atoms in total.